The van der Waals surface area contributed by atoms with E-state index in [0.717, 1.165) is 18.7 Å². The van der Waals surface area contributed by atoms with Crippen LogP contribution in [0.1, 0.15) is 5.56 Å². The van der Waals surface area contributed by atoms with Gasteiger partial charge in [-0.05, 0) is 24.1 Å². The van der Waals surface area contributed by atoms with Gasteiger partial charge in [0.15, 0.2) is 0 Å². The molecule has 0 spiro atoms. The average Bonchev–Trinajstić information content (AvgIpc) is 2.19. The van der Waals surface area contributed by atoms with Crippen molar-refractivity contribution in [3.63, 3.8) is 0 Å². The van der Waals surface area contributed by atoms with Gasteiger partial charge in [-0.25, -0.2) is 0 Å². The van der Waals surface area contributed by atoms with Crippen LogP contribution in [0.4, 0.5) is 0 Å². The monoisotopic (exact) mass is 180 g/mol. The summed E-state index contributed by atoms with van der Waals surface area (Å²) in [6.45, 7) is 1.44. The summed E-state index contributed by atoms with van der Waals surface area (Å²) < 4.78 is 5.12. The standard InChI is InChI=1S/C10H16N2O/c1-13-10-4-2-3-9(7-10)5-6-12-8-11/h2-4,7,12H,5-6,8,11H2,1H3. The third kappa shape index (κ3) is 3.44. The van der Waals surface area contributed by atoms with E-state index in [9.17, 15) is 0 Å². The lowest BCUT2D eigenvalue weighted by molar-refractivity contribution is 0.414. The summed E-state index contributed by atoms with van der Waals surface area (Å²) in [7, 11) is 1.68. The molecule has 1 aromatic rings. The third-order valence-corrected chi connectivity index (χ3v) is 1.87. The van der Waals surface area contributed by atoms with E-state index in [2.05, 4.69) is 11.4 Å². The van der Waals surface area contributed by atoms with Crippen molar-refractivity contribution in [1.82, 2.24) is 5.32 Å². The van der Waals surface area contributed by atoms with Gasteiger partial charge < -0.3 is 15.8 Å². The van der Waals surface area contributed by atoms with Gasteiger partial charge in [-0.1, -0.05) is 12.1 Å². The lowest BCUT2D eigenvalue weighted by atomic mass is 10.1. The number of rotatable bonds is 5. The molecule has 13 heavy (non-hydrogen) atoms. The Morgan fingerprint density at radius 2 is 2.31 bits per heavy atom. The molecule has 0 saturated heterocycles. The highest BCUT2D eigenvalue weighted by atomic mass is 16.5. The van der Waals surface area contributed by atoms with Crippen LogP contribution in [0.3, 0.4) is 0 Å². The Morgan fingerprint density at radius 1 is 1.46 bits per heavy atom. The van der Waals surface area contributed by atoms with Crippen LogP contribution in [0.25, 0.3) is 0 Å². The first-order valence-corrected chi connectivity index (χ1v) is 4.40. The largest absolute Gasteiger partial charge is 0.497 e. The fraction of sp³-hybridized carbons (Fsp3) is 0.400. The molecule has 0 aliphatic rings. The van der Waals surface area contributed by atoms with E-state index in [4.69, 9.17) is 10.5 Å². The Hall–Kier alpha value is -1.06. The molecule has 0 bridgehead atoms. The molecular weight excluding hydrogens is 164 g/mol. The summed E-state index contributed by atoms with van der Waals surface area (Å²) >= 11 is 0. The van der Waals surface area contributed by atoms with Crippen molar-refractivity contribution in [3.8, 4) is 5.75 Å². The maximum atomic E-state index is 5.31. The highest BCUT2D eigenvalue weighted by molar-refractivity contribution is 5.28. The molecule has 0 radical (unpaired) electrons. The summed E-state index contributed by atoms with van der Waals surface area (Å²) in [5.74, 6) is 0.908. The fourth-order valence-electron chi connectivity index (χ4n) is 1.16. The molecule has 72 valence electrons. The van der Waals surface area contributed by atoms with E-state index < -0.39 is 0 Å². The van der Waals surface area contributed by atoms with Crippen LogP contribution < -0.4 is 15.8 Å². The fourth-order valence-corrected chi connectivity index (χ4v) is 1.16. The zero-order chi connectivity index (χ0) is 9.52. The van der Waals surface area contributed by atoms with Crippen molar-refractivity contribution < 1.29 is 4.74 Å². The van der Waals surface area contributed by atoms with Crippen molar-refractivity contribution in [1.29, 1.82) is 0 Å². The van der Waals surface area contributed by atoms with Gasteiger partial charge in [-0.15, -0.1) is 0 Å². The first kappa shape index (κ1) is 10.0. The van der Waals surface area contributed by atoms with Gasteiger partial charge in [0.25, 0.3) is 0 Å². The zero-order valence-electron chi connectivity index (χ0n) is 7.92. The molecule has 3 N–H and O–H groups in total. The lowest BCUT2D eigenvalue weighted by Gasteiger charge is -2.04. The Kier molecular flexibility index (Phi) is 4.29. The minimum atomic E-state index is 0.532. The molecule has 3 nitrogen and oxygen atoms in total. The van der Waals surface area contributed by atoms with Gasteiger partial charge in [-0.3, -0.25) is 0 Å². The predicted molar refractivity (Wildman–Crippen MR) is 53.8 cm³/mol. The summed E-state index contributed by atoms with van der Waals surface area (Å²) in [4.78, 5) is 0. The number of ether oxygens (including phenoxy) is 1. The number of hydrogen-bond acceptors (Lipinski definition) is 3. The number of nitrogens with two attached hydrogens (primary N) is 1. The van der Waals surface area contributed by atoms with Crippen LogP contribution in [0.15, 0.2) is 24.3 Å². The van der Waals surface area contributed by atoms with Gasteiger partial charge in [0.1, 0.15) is 5.75 Å². The summed E-state index contributed by atoms with van der Waals surface area (Å²) in [6, 6.07) is 8.06. The highest BCUT2D eigenvalue weighted by Crippen LogP contribution is 2.12. The second kappa shape index (κ2) is 5.56. The van der Waals surface area contributed by atoms with Crippen molar-refractivity contribution in [2.45, 2.75) is 6.42 Å². The summed E-state index contributed by atoms with van der Waals surface area (Å²) in [5, 5.41) is 3.07. The van der Waals surface area contributed by atoms with E-state index in [1.54, 1.807) is 7.11 Å². The van der Waals surface area contributed by atoms with Crippen LogP contribution in [0, 0.1) is 0 Å². The topological polar surface area (TPSA) is 47.3 Å². The van der Waals surface area contributed by atoms with Crippen molar-refractivity contribution in [3.05, 3.63) is 29.8 Å². The van der Waals surface area contributed by atoms with Crippen LogP contribution in [-0.2, 0) is 6.42 Å². The van der Waals surface area contributed by atoms with Crippen LogP contribution in [-0.4, -0.2) is 20.3 Å². The summed E-state index contributed by atoms with van der Waals surface area (Å²) in [6.07, 6.45) is 0.981. The molecule has 3 heteroatoms. The van der Waals surface area contributed by atoms with Gasteiger partial charge in [-0.2, -0.15) is 0 Å². The van der Waals surface area contributed by atoms with Crippen molar-refractivity contribution in [2.24, 2.45) is 5.73 Å². The number of methoxy groups -OCH3 is 1. The Bertz CT molecular complexity index is 250. The minimum Gasteiger partial charge on any atom is -0.497 e. The average molecular weight is 180 g/mol. The van der Waals surface area contributed by atoms with E-state index in [1.807, 2.05) is 18.2 Å². The van der Waals surface area contributed by atoms with E-state index >= 15 is 0 Å². The Balaban J connectivity index is 2.46. The van der Waals surface area contributed by atoms with E-state index in [0.29, 0.717) is 6.67 Å². The first-order chi connectivity index (χ1) is 6.36. The first-order valence-electron chi connectivity index (χ1n) is 4.40. The molecule has 0 heterocycles. The van der Waals surface area contributed by atoms with Gasteiger partial charge in [0.2, 0.25) is 0 Å². The van der Waals surface area contributed by atoms with Crippen molar-refractivity contribution >= 4 is 0 Å². The number of hydrogen-bond donors (Lipinski definition) is 2. The summed E-state index contributed by atoms with van der Waals surface area (Å²) in [5.41, 5.74) is 6.58. The molecular formula is C10H16N2O. The van der Waals surface area contributed by atoms with E-state index in [-0.39, 0.29) is 0 Å². The van der Waals surface area contributed by atoms with Gasteiger partial charge in [0, 0.05) is 13.2 Å². The van der Waals surface area contributed by atoms with Gasteiger partial charge >= 0.3 is 0 Å². The Morgan fingerprint density at radius 3 is 3.00 bits per heavy atom. The molecule has 0 saturated carbocycles. The molecule has 0 amide bonds. The predicted octanol–water partition coefficient (Wildman–Crippen LogP) is 0.743. The van der Waals surface area contributed by atoms with Crippen LogP contribution in [0.2, 0.25) is 0 Å². The highest BCUT2D eigenvalue weighted by Gasteiger charge is 1.94. The molecule has 0 unspecified atom stereocenters. The molecule has 0 aromatic heterocycles. The number of benzene rings is 1. The second-order valence-electron chi connectivity index (χ2n) is 2.81. The SMILES string of the molecule is COc1cccc(CCNCN)c1. The Labute approximate surface area is 78.9 Å². The number of nitrogens with one attached hydrogen (secondary N) is 1. The molecule has 1 rings (SSSR count). The van der Waals surface area contributed by atoms with Crippen LogP contribution in [0.5, 0.6) is 5.75 Å². The van der Waals surface area contributed by atoms with E-state index in [1.165, 1.54) is 5.56 Å². The lowest BCUT2D eigenvalue weighted by Crippen LogP contribution is -2.24. The zero-order valence-corrected chi connectivity index (χ0v) is 7.92. The maximum Gasteiger partial charge on any atom is 0.119 e. The molecule has 0 atom stereocenters. The molecule has 0 fully saturated rings. The van der Waals surface area contributed by atoms with Crippen LogP contribution >= 0.6 is 0 Å². The maximum absolute atomic E-state index is 5.31. The molecule has 1 aromatic carbocycles. The third-order valence-electron chi connectivity index (χ3n) is 1.87. The smallest absolute Gasteiger partial charge is 0.119 e. The quantitative estimate of drug-likeness (QED) is 0.519. The molecule has 0 aliphatic carbocycles. The normalized spacial score (nSPS) is 10.0. The molecule has 0 aliphatic heterocycles. The van der Waals surface area contributed by atoms with Gasteiger partial charge in [0.05, 0.1) is 7.11 Å². The van der Waals surface area contributed by atoms with Crippen molar-refractivity contribution in [2.75, 3.05) is 20.3 Å². The second-order valence-corrected chi connectivity index (χ2v) is 2.81. The minimum absolute atomic E-state index is 0.532.